The fraction of sp³-hybridized carbons (Fsp3) is 0.480. The van der Waals surface area contributed by atoms with Gasteiger partial charge in [0.2, 0.25) is 0 Å². The van der Waals surface area contributed by atoms with Crippen LogP contribution in [0.1, 0.15) is 48.0 Å². The summed E-state index contributed by atoms with van der Waals surface area (Å²) < 4.78 is 5.74. The minimum absolute atomic E-state index is 0.00329. The number of ketones is 1. The van der Waals surface area contributed by atoms with Crippen LogP contribution in [-0.2, 0) is 0 Å². The molecule has 0 aromatic heterocycles. The third-order valence-electron chi connectivity index (χ3n) is 6.44. The monoisotopic (exact) mass is 412 g/mol. The maximum Gasteiger partial charge on any atom is 0.193 e. The van der Waals surface area contributed by atoms with Crippen LogP contribution in [-0.4, -0.2) is 56.3 Å². The molecule has 2 aromatic rings. The number of likely N-dealkylation sites (N-methyl/N-ethyl adjacent to an activating group) is 1. The van der Waals surface area contributed by atoms with Gasteiger partial charge >= 0.3 is 0 Å². The molecule has 0 radical (unpaired) electrons. The first-order chi connectivity index (χ1) is 14.5. The lowest BCUT2D eigenvalue weighted by molar-refractivity contribution is -0.934. The number of aliphatic hydroxyl groups excluding tert-OH is 1. The minimum Gasteiger partial charge on any atom is -0.491 e. The van der Waals surface area contributed by atoms with Gasteiger partial charge in [-0.2, -0.15) is 0 Å². The average molecular weight is 413 g/mol. The van der Waals surface area contributed by atoms with E-state index in [4.69, 9.17) is 4.74 Å². The summed E-state index contributed by atoms with van der Waals surface area (Å²) in [5.74, 6) is 0.664. The Bertz CT molecular complexity index is 784. The van der Waals surface area contributed by atoms with E-state index in [0.717, 1.165) is 6.54 Å². The van der Waals surface area contributed by atoms with Crippen molar-refractivity contribution in [1.82, 2.24) is 0 Å². The van der Waals surface area contributed by atoms with Crippen LogP contribution in [0.25, 0.3) is 0 Å². The number of quaternary nitrogens is 2. The average Bonchev–Trinajstić information content (AvgIpc) is 2.78. The Balaban J connectivity index is 1.43. The van der Waals surface area contributed by atoms with Crippen LogP contribution >= 0.6 is 0 Å². The Morgan fingerprint density at radius 2 is 1.67 bits per heavy atom. The molecule has 0 aliphatic heterocycles. The number of hydrogen-bond acceptors (Lipinski definition) is 3. The summed E-state index contributed by atoms with van der Waals surface area (Å²) in [7, 11) is 4.51. The lowest BCUT2D eigenvalue weighted by Crippen LogP contribution is -3.19. The zero-order chi connectivity index (χ0) is 21.4. The molecule has 30 heavy (non-hydrogen) atoms. The molecule has 5 heteroatoms. The first-order valence-electron chi connectivity index (χ1n) is 11.1. The van der Waals surface area contributed by atoms with Crippen LogP contribution in [0, 0.1) is 0 Å². The maximum absolute atomic E-state index is 12.5. The van der Waals surface area contributed by atoms with Gasteiger partial charge in [0.25, 0.3) is 0 Å². The van der Waals surface area contributed by atoms with Crippen molar-refractivity contribution in [2.75, 3.05) is 33.8 Å². The second-order valence-corrected chi connectivity index (χ2v) is 8.75. The van der Waals surface area contributed by atoms with Crippen LogP contribution < -0.4 is 15.0 Å². The fourth-order valence-corrected chi connectivity index (χ4v) is 4.41. The molecular formula is C25H36N2O3+2. The summed E-state index contributed by atoms with van der Waals surface area (Å²) in [4.78, 5) is 14.0. The third kappa shape index (κ3) is 5.91. The Kier molecular flexibility index (Phi) is 8.02. The van der Waals surface area contributed by atoms with Crippen LogP contribution in [0.4, 0.5) is 0 Å². The number of ether oxygens (including phenoxy) is 1. The number of nitrogens with one attached hydrogen (secondary N) is 1. The van der Waals surface area contributed by atoms with Gasteiger partial charge < -0.3 is 20.1 Å². The van der Waals surface area contributed by atoms with Crippen molar-refractivity contribution < 1.29 is 24.9 Å². The minimum atomic E-state index is -0.520. The number of hydrogen-bond donors (Lipinski definition) is 3. The summed E-state index contributed by atoms with van der Waals surface area (Å²) in [5, 5.41) is 12.6. The standard InChI is InChI=1S/C25H34N2O3/c1-27(2)25(15-7-4-8-16-25)19-26-17-22(28)18-30-23-13-11-21(12-14-23)24(29)20-9-5-3-6-10-20/h3,5-6,9-14,22,26,28H,4,7-8,15-19H2,1-2H3/p+2/t22-/m1/s1. The molecule has 162 valence electrons. The highest BCUT2D eigenvalue weighted by Gasteiger charge is 2.39. The Morgan fingerprint density at radius 3 is 2.30 bits per heavy atom. The summed E-state index contributed by atoms with van der Waals surface area (Å²) >= 11 is 0. The molecule has 3 rings (SSSR count). The zero-order valence-corrected chi connectivity index (χ0v) is 18.3. The number of nitrogens with two attached hydrogens (primary N) is 1. The highest BCUT2D eigenvalue weighted by molar-refractivity contribution is 6.08. The Hall–Kier alpha value is -2.21. The number of carbonyl (C=O) groups is 1. The SMILES string of the molecule is C[NH+](C)C1(C[NH2+]C[C@@H](O)COc2ccc(C(=O)c3ccccc3)cc2)CCCCC1. The van der Waals surface area contributed by atoms with Gasteiger partial charge in [0.15, 0.2) is 5.78 Å². The van der Waals surface area contributed by atoms with Crippen LogP contribution in [0.15, 0.2) is 54.6 Å². The highest BCUT2D eigenvalue weighted by Crippen LogP contribution is 2.24. The molecule has 1 fully saturated rings. The molecule has 0 heterocycles. The molecule has 0 unspecified atom stereocenters. The van der Waals surface area contributed by atoms with Crippen LogP contribution in [0.5, 0.6) is 5.75 Å². The molecule has 1 saturated carbocycles. The van der Waals surface area contributed by atoms with Crippen molar-refractivity contribution in [3.05, 3.63) is 65.7 Å². The highest BCUT2D eigenvalue weighted by atomic mass is 16.5. The lowest BCUT2D eigenvalue weighted by atomic mass is 9.80. The van der Waals surface area contributed by atoms with E-state index < -0.39 is 6.10 Å². The second-order valence-electron chi connectivity index (χ2n) is 8.75. The maximum atomic E-state index is 12.5. The molecule has 1 aliphatic carbocycles. The van der Waals surface area contributed by atoms with E-state index in [-0.39, 0.29) is 12.4 Å². The summed E-state index contributed by atoms with van der Waals surface area (Å²) in [6, 6.07) is 16.4. The lowest BCUT2D eigenvalue weighted by Gasteiger charge is -2.38. The Labute approximate surface area is 180 Å². The summed E-state index contributed by atoms with van der Waals surface area (Å²) in [5.41, 5.74) is 1.64. The van der Waals surface area contributed by atoms with Gasteiger partial charge in [0.1, 0.15) is 37.1 Å². The molecule has 0 saturated heterocycles. The van der Waals surface area contributed by atoms with Gasteiger partial charge in [-0.05, 0) is 37.1 Å². The van der Waals surface area contributed by atoms with Crippen molar-refractivity contribution in [3.63, 3.8) is 0 Å². The predicted molar refractivity (Wildman–Crippen MR) is 118 cm³/mol. The fourth-order valence-electron chi connectivity index (χ4n) is 4.41. The molecule has 2 aromatic carbocycles. The quantitative estimate of drug-likeness (QED) is 0.512. The summed E-state index contributed by atoms with van der Waals surface area (Å²) in [6.07, 6.45) is 6.00. The second kappa shape index (κ2) is 10.7. The van der Waals surface area contributed by atoms with Crippen LogP contribution in [0.2, 0.25) is 0 Å². The smallest absolute Gasteiger partial charge is 0.193 e. The van der Waals surface area contributed by atoms with Gasteiger partial charge in [-0.15, -0.1) is 0 Å². The van der Waals surface area contributed by atoms with Gasteiger partial charge in [-0.3, -0.25) is 4.79 Å². The molecule has 0 spiro atoms. The normalized spacial score (nSPS) is 16.9. The van der Waals surface area contributed by atoms with Crippen molar-refractivity contribution in [2.24, 2.45) is 0 Å². The van der Waals surface area contributed by atoms with E-state index in [1.54, 1.807) is 24.3 Å². The Morgan fingerprint density at radius 1 is 1.03 bits per heavy atom. The van der Waals surface area contributed by atoms with Gasteiger partial charge in [-0.1, -0.05) is 36.8 Å². The summed E-state index contributed by atoms with van der Waals surface area (Å²) in [6.45, 7) is 1.94. The van der Waals surface area contributed by atoms with E-state index in [0.29, 0.717) is 29.0 Å². The first-order valence-corrected chi connectivity index (χ1v) is 11.1. The number of benzene rings is 2. The third-order valence-corrected chi connectivity index (χ3v) is 6.44. The molecule has 4 N–H and O–H groups in total. The van der Waals surface area contributed by atoms with E-state index in [1.807, 2.05) is 30.3 Å². The molecule has 0 amide bonds. The molecule has 5 nitrogen and oxygen atoms in total. The topological polar surface area (TPSA) is 67.6 Å². The van der Waals surface area contributed by atoms with Gasteiger partial charge in [-0.25, -0.2) is 0 Å². The molecule has 1 atom stereocenters. The van der Waals surface area contributed by atoms with E-state index in [1.165, 1.54) is 37.0 Å². The number of aliphatic hydroxyl groups is 1. The molecular weight excluding hydrogens is 376 g/mol. The predicted octanol–water partition coefficient (Wildman–Crippen LogP) is 1.07. The molecule has 1 aliphatic rings. The van der Waals surface area contributed by atoms with Gasteiger partial charge in [0.05, 0.1) is 14.1 Å². The molecule has 0 bridgehead atoms. The van der Waals surface area contributed by atoms with Crippen molar-refractivity contribution in [3.8, 4) is 5.75 Å². The van der Waals surface area contributed by atoms with Crippen molar-refractivity contribution in [1.29, 1.82) is 0 Å². The first kappa shape index (κ1) is 22.5. The van der Waals surface area contributed by atoms with E-state index in [2.05, 4.69) is 19.4 Å². The van der Waals surface area contributed by atoms with Crippen LogP contribution in [0.3, 0.4) is 0 Å². The number of rotatable bonds is 10. The van der Waals surface area contributed by atoms with E-state index in [9.17, 15) is 9.90 Å². The zero-order valence-electron chi connectivity index (χ0n) is 18.3. The van der Waals surface area contributed by atoms with E-state index >= 15 is 0 Å². The van der Waals surface area contributed by atoms with Crippen molar-refractivity contribution >= 4 is 5.78 Å². The number of carbonyl (C=O) groups excluding carboxylic acids is 1. The van der Waals surface area contributed by atoms with Gasteiger partial charge in [0, 0.05) is 24.0 Å². The van der Waals surface area contributed by atoms with Crippen molar-refractivity contribution in [2.45, 2.75) is 43.7 Å². The largest absolute Gasteiger partial charge is 0.491 e.